The highest BCUT2D eigenvalue weighted by molar-refractivity contribution is 5.43. The summed E-state index contributed by atoms with van der Waals surface area (Å²) in [6, 6.07) is 5.42. The van der Waals surface area contributed by atoms with Crippen LogP contribution >= 0.6 is 0 Å². The number of non-ortho nitro benzene ring substituents is 1. The highest BCUT2D eigenvalue weighted by atomic mass is 16.6. The van der Waals surface area contributed by atoms with Crippen LogP contribution in [0.3, 0.4) is 0 Å². The molecule has 21 heavy (non-hydrogen) atoms. The van der Waals surface area contributed by atoms with E-state index in [-0.39, 0.29) is 10.6 Å². The van der Waals surface area contributed by atoms with E-state index >= 15 is 0 Å². The molecular formula is C16H24N2O3. The molecule has 0 aromatic heterocycles. The van der Waals surface area contributed by atoms with Crippen LogP contribution in [0.15, 0.2) is 18.2 Å². The van der Waals surface area contributed by atoms with Gasteiger partial charge in [-0.3, -0.25) is 10.1 Å². The molecule has 1 saturated carbocycles. The molecule has 0 unspecified atom stereocenters. The maximum Gasteiger partial charge on any atom is 0.270 e. The summed E-state index contributed by atoms with van der Waals surface area (Å²) in [5.74, 6) is 1.43. The Labute approximate surface area is 125 Å². The smallest absolute Gasteiger partial charge is 0.270 e. The Bertz CT molecular complexity index is 484. The molecule has 1 aliphatic carbocycles. The third-order valence-electron chi connectivity index (χ3n) is 3.60. The minimum Gasteiger partial charge on any atom is -0.493 e. The lowest BCUT2D eigenvalue weighted by molar-refractivity contribution is -0.384. The van der Waals surface area contributed by atoms with Crippen LogP contribution < -0.4 is 10.1 Å². The summed E-state index contributed by atoms with van der Waals surface area (Å²) in [7, 11) is 0. The van der Waals surface area contributed by atoms with Crippen molar-refractivity contribution in [2.45, 2.75) is 52.1 Å². The fourth-order valence-corrected chi connectivity index (χ4v) is 2.17. The maximum atomic E-state index is 10.9. The van der Waals surface area contributed by atoms with Gasteiger partial charge in [-0.25, -0.2) is 0 Å². The van der Waals surface area contributed by atoms with Crippen LogP contribution in [-0.4, -0.2) is 17.6 Å². The summed E-state index contributed by atoms with van der Waals surface area (Å²) in [5, 5.41) is 14.3. The molecule has 0 amide bonds. The van der Waals surface area contributed by atoms with Gasteiger partial charge in [0, 0.05) is 30.3 Å². The second-order valence-electron chi connectivity index (χ2n) is 6.09. The van der Waals surface area contributed by atoms with Gasteiger partial charge in [-0.15, -0.1) is 0 Å². The lowest BCUT2D eigenvalue weighted by atomic mass is 10.1. The van der Waals surface area contributed by atoms with E-state index in [0.717, 1.165) is 24.2 Å². The normalized spacial score (nSPS) is 14.4. The summed E-state index contributed by atoms with van der Waals surface area (Å²) in [4.78, 5) is 10.5. The van der Waals surface area contributed by atoms with Crippen LogP contribution in [0.1, 0.15) is 45.1 Å². The molecule has 0 heterocycles. The van der Waals surface area contributed by atoms with Gasteiger partial charge in [-0.1, -0.05) is 13.8 Å². The second kappa shape index (κ2) is 7.41. The monoisotopic (exact) mass is 292 g/mol. The highest BCUT2D eigenvalue weighted by Gasteiger charge is 2.21. The van der Waals surface area contributed by atoms with E-state index in [0.29, 0.717) is 25.1 Å². The molecule has 0 spiro atoms. The Morgan fingerprint density at radius 3 is 2.81 bits per heavy atom. The molecule has 2 rings (SSSR count). The number of nitrogens with zero attached hydrogens (tertiary/aromatic N) is 1. The summed E-state index contributed by atoms with van der Waals surface area (Å²) in [6.45, 7) is 5.67. The van der Waals surface area contributed by atoms with E-state index in [1.807, 2.05) is 0 Å². The Morgan fingerprint density at radius 2 is 2.19 bits per heavy atom. The Hall–Kier alpha value is -1.62. The highest BCUT2D eigenvalue weighted by Crippen LogP contribution is 2.26. The van der Waals surface area contributed by atoms with Crippen molar-refractivity contribution in [2.75, 3.05) is 6.61 Å². The molecule has 1 aliphatic rings. The predicted molar refractivity (Wildman–Crippen MR) is 82.5 cm³/mol. The first kappa shape index (κ1) is 15.8. The summed E-state index contributed by atoms with van der Waals surface area (Å²) >= 11 is 0. The van der Waals surface area contributed by atoms with Gasteiger partial charge in [0.2, 0.25) is 0 Å². The minimum atomic E-state index is -0.358. The average Bonchev–Trinajstić information content (AvgIpc) is 3.25. The van der Waals surface area contributed by atoms with E-state index in [1.165, 1.54) is 18.9 Å². The van der Waals surface area contributed by atoms with Gasteiger partial charge >= 0.3 is 0 Å². The zero-order chi connectivity index (χ0) is 15.2. The van der Waals surface area contributed by atoms with E-state index in [9.17, 15) is 10.1 Å². The van der Waals surface area contributed by atoms with E-state index in [1.54, 1.807) is 12.1 Å². The zero-order valence-corrected chi connectivity index (χ0v) is 12.8. The molecule has 0 bridgehead atoms. The number of nitro groups is 1. The van der Waals surface area contributed by atoms with Crippen molar-refractivity contribution in [3.05, 3.63) is 33.9 Å². The van der Waals surface area contributed by atoms with Crippen molar-refractivity contribution < 1.29 is 9.66 Å². The fraction of sp³-hybridized carbons (Fsp3) is 0.625. The fourth-order valence-electron chi connectivity index (χ4n) is 2.17. The number of nitrogens with one attached hydrogen (secondary N) is 1. The van der Waals surface area contributed by atoms with Crippen molar-refractivity contribution in [1.82, 2.24) is 5.32 Å². The molecule has 0 saturated heterocycles. The Balaban J connectivity index is 1.97. The quantitative estimate of drug-likeness (QED) is 0.428. The lowest BCUT2D eigenvalue weighted by Crippen LogP contribution is -2.16. The van der Waals surface area contributed by atoms with Crippen LogP contribution in [-0.2, 0) is 6.54 Å². The van der Waals surface area contributed by atoms with Gasteiger partial charge in [0.1, 0.15) is 5.75 Å². The van der Waals surface area contributed by atoms with Gasteiger partial charge < -0.3 is 10.1 Å². The number of benzene rings is 1. The molecule has 1 aromatic carbocycles. The van der Waals surface area contributed by atoms with Crippen molar-refractivity contribution in [2.24, 2.45) is 5.92 Å². The third-order valence-corrected chi connectivity index (χ3v) is 3.60. The first-order chi connectivity index (χ1) is 10.1. The van der Waals surface area contributed by atoms with Crippen LogP contribution in [0.4, 0.5) is 5.69 Å². The molecular weight excluding hydrogens is 268 g/mol. The van der Waals surface area contributed by atoms with Crippen LogP contribution in [0.25, 0.3) is 0 Å². The van der Waals surface area contributed by atoms with E-state index in [4.69, 9.17) is 4.74 Å². The SMILES string of the molecule is CC(C)CCCOc1ccc([N+](=O)[O-])cc1CNC1CC1. The van der Waals surface area contributed by atoms with Gasteiger partial charge in [0.25, 0.3) is 5.69 Å². The zero-order valence-electron chi connectivity index (χ0n) is 12.8. The molecule has 5 heteroatoms. The molecule has 0 aliphatic heterocycles. The van der Waals surface area contributed by atoms with Gasteiger partial charge in [-0.05, 0) is 37.7 Å². The molecule has 1 fully saturated rings. The van der Waals surface area contributed by atoms with Crippen molar-refractivity contribution in [1.29, 1.82) is 0 Å². The lowest BCUT2D eigenvalue weighted by Gasteiger charge is -2.12. The standard InChI is InChI=1S/C16H24N2O3/c1-12(2)4-3-9-21-16-8-7-15(18(19)20)10-13(16)11-17-14-5-6-14/h7-8,10,12,14,17H,3-6,9,11H2,1-2H3. The van der Waals surface area contributed by atoms with E-state index < -0.39 is 0 Å². The molecule has 0 radical (unpaired) electrons. The molecule has 5 nitrogen and oxygen atoms in total. The summed E-state index contributed by atoms with van der Waals surface area (Å²) < 4.78 is 5.81. The van der Waals surface area contributed by atoms with Crippen LogP contribution in [0.2, 0.25) is 0 Å². The van der Waals surface area contributed by atoms with Crippen molar-refractivity contribution in [3.8, 4) is 5.75 Å². The Kier molecular flexibility index (Phi) is 5.56. The number of ether oxygens (including phenoxy) is 1. The van der Waals surface area contributed by atoms with Gasteiger partial charge in [-0.2, -0.15) is 0 Å². The molecule has 1 N–H and O–H groups in total. The number of nitro benzene ring substituents is 1. The first-order valence-electron chi connectivity index (χ1n) is 7.69. The molecule has 1 aromatic rings. The predicted octanol–water partition coefficient (Wildman–Crippen LogP) is 3.66. The van der Waals surface area contributed by atoms with Crippen LogP contribution in [0, 0.1) is 16.0 Å². The van der Waals surface area contributed by atoms with Crippen molar-refractivity contribution >= 4 is 5.69 Å². The maximum absolute atomic E-state index is 10.9. The second-order valence-corrected chi connectivity index (χ2v) is 6.09. The largest absolute Gasteiger partial charge is 0.493 e. The van der Waals surface area contributed by atoms with E-state index in [2.05, 4.69) is 19.2 Å². The van der Waals surface area contributed by atoms with Gasteiger partial charge in [0.05, 0.1) is 11.5 Å². The van der Waals surface area contributed by atoms with Crippen LogP contribution in [0.5, 0.6) is 5.75 Å². The third kappa shape index (κ3) is 5.34. The number of hydrogen-bond donors (Lipinski definition) is 1. The topological polar surface area (TPSA) is 64.4 Å². The van der Waals surface area contributed by atoms with Gasteiger partial charge in [0.15, 0.2) is 0 Å². The first-order valence-corrected chi connectivity index (χ1v) is 7.69. The minimum absolute atomic E-state index is 0.122. The Morgan fingerprint density at radius 1 is 1.43 bits per heavy atom. The summed E-state index contributed by atoms with van der Waals surface area (Å²) in [5.41, 5.74) is 0.998. The summed E-state index contributed by atoms with van der Waals surface area (Å²) in [6.07, 6.45) is 4.52. The average molecular weight is 292 g/mol. The van der Waals surface area contributed by atoms with Crippen molar-refractivity contribution in [3.63, 3.8) is 0 Å². The number of rotatable bonds is 9. The molecule has 0 atom stereocenters. The molecule has 116 valence electrons. The number of hydrogen-bond acceptors (Lipinski definition) is 4.